The molecule has 1 atom stereocenters. The monoisotopic (exact) mass is 270 g/mol. The maximum atomic E-state index is 12.0. The van der Waals surface area contributed by atoms with Crippen LogP contribution in [0.3, 0.4) is 0 Å². The number of nitrogens with zero attached hydrogens (tertiary/aromatic N) is 3. The Balaban J connectivity index is 1.96. The maximum absolute atomic E-state index is 12.0. The van der Waals surface area contributed by atoms with Crippen molar-refractivity contribution < 1.29 is 4.79 Å². The van der Waals surface area contributed by atoms with Gasteiger partial charge >= 0.3 is 0 Å². The predicted octanol–water partition coefficient (Wildman–Crippen LogP) is 2.01. The van der Waals surface area contributed by atoms with E-state index in [4.69, 9.17) is 0 Å². The number of carbonyl (C=O) groups excluding carboxylic acids is 1. The van der Waals surface area contributed by atoms with E-state index in [0.29, 0.717) is 6.54 Å². The van der Waals surface area contributed by atoms with Crippen LogP contribution in [0.4, 0.5) is 11.4 Å². The first-order valence-corrected chi connectivity index (χ1v) is 6.77. The molecule has 1 aliphatic rings. The second kappa shape index (κ2) is 5.00. The highest BCUT2D eigenvalue weighted by Gasteiger charge is 2.25. The van der Waals surface area contributed by atoms with E-state index < -0.39 is 0 Å². The number of anilines is 2. The first kappa shape index (κ1) is 12.7. The molecule has 0 unspecified atom stereocenters. The summed E-state index contributed by atoms with van der Waals surface area (Å²) in [6.45, 7) is 3.40. The number of hydrogen-bond donors (Lipinski definition) is 1. The number of benzene rings is 1. The molecule has 1 aliphatic heterocycles. The average molecular weight is 270 g/mol. The average Bonchev–Trinajstić information content (AvgIpc) is 2.78. The fraction of sp³-hybridized carbons (Fsp3) is 0.333. The Morgan fingerprint density at radius 1 is 1.35 bits per heavy atom. The van der Waals surface area contributed by atoms with Gasteiger partial charge in [0.15, 0.2) is 0 Å². The smallest absolute Gasteiger partial charge is 0.229 e. The zero-order valence-electron chi connectivity index (χ0n) is 11.7. The van der Waals surface area contributed by atoms with Crippen molar-refractivity contribution in [3.63, 3.8) is 0 Å². The van der Waals surface area contributed by atoms with Crippen molar-refractivity contribution in [2.24, 2.45) is 13.0 Å². The molecule has 0 saturated heterocycles. The van der Waals surface area contributed by atoms with Crippen LogP contribution in [0.25, 0.3) is 0 Å². The van der Waals surface area contributed by atoms with E-state index in [0.717, 1.165) is 23.6 Å². The number of aryl methyl sites for hydroxylation is 1. The van der Waals surface area contributed by atoms with Crippen LogP contribution in [0.2, 0.25) is 0 Å². The van der Waals surface area contributed by atoms with E-state index in [-0.39, 0.29) is 11.8 Å². The van der Waals surface area contributed by atoms with Gasteiger partial charge in [-0.2, -0.15) is 5.10 Å². The van der Waals surface area contributed by atoms with Gasteiger partial charge < -0.3 is 10.2 Å². The molecule has 2 heterocycles. The molecule has 0 aliphatic carbocycles. The lowest BCUT2D eigenvalue weighted by atomic mass is 10.1. The van der Waals surface area contributed by atoms with Gasteiger partial charge in [-0.15, -0.1) is 0 Å². The van der Waals surface area contributed by atoms with Crippen LogP contribution < -0.4 is 10.2 Å². The Morgan fingerprint density at radius 3 is 2.90 bits per heavy atom. The number of para-hydroxylation sites is 2. The Labute approximate surface area is 118 Å². The van der Waals surface area contributed by atoms with Crippen LogP contribution in [-0.4, -0.2) is 22.2 Å². The van der Waals surface area contributed by atoms with E-state index in [9.17, 15) is 4.79 Å². The molecule has 20 heavy (non-hydrogen) atoms. The van der Waals surface area contributed by atoms with Gasteiger partial charge in [-0.05, 0) is 18.2 Å². The summed E-state index contributed by atoms with van der Waals surface area (Å²) in [6, 6.07) is 9.94. The topological polar surface area (TPSA) is 50.2 Å². The molecule has 0 radical (unpaired) electrons. The predicted molar refractivity (Wildman–Crippen MR) is 78.5 cm³/mol. The summed E-state index contributed by atoms with van der Waals surface area (Å²) >= 11 is 0. The van der Waals surface area contributed by atoms with Crippen molar-refractivity contribution in [3.05, 3.63) is 42.2 Å². The third-order valence-corrected chi connectivity index (χ3v) is 3.72. The normalized spacial score (nSPS) is 18.4. The zero-order chi connectivity index (χ0) is 14.1. The largest absolute Gasteiger partial charge is 0.363 e. The number of amides is 1. The molecule has 3 rings (SSSR count). The number of fused-ring (bicyclic) bond motifs is 1. The summed E-state index contributed by atoms with van der Waals surface area (Å²) in [4.78, 5) is 14.3. The Hall–Kier alpha value is -2.30. The van der Waals surface area contributed by atoms with Crippen LogP contribution >= 0.6 is 0 Å². The molecule has 1 aromatic heterocycles. The van der Waals surface area contributed by atoms with Crippen LogP contribution in [-0.2, 0) is 18.4 Å². The maximum Gasteiger partial charge on any atom is 0.229 e. The van der Waals surface area contributed by atoms with Crippen LogP contribution in [0.15, 0.2) is 36.5 Å². The summed E-state index contributed by atoms with van der Waals surface area (Å²) in [5.41, 5.74) is 3.07. The van der Waals surface area contributed by atoms with E-state index in [1.807, 2.05) is 49.0 Å². The summed E-state index contributed by atoms with van der Waals surface area (Å²) in [5.74, 6) is 0.0283. The van der Waals surface area contributed by atoms with Gasteiger partial charge in [0.05, 0.1) is 29.5 Å². The molecular weight excluding hydrogens is 252 g/mol. The minimum absolute atomic E-state index is 0.0457. The molecule has 0 fully saturated rings. The second-order valence-corrected chi connectivity index (χ2v) is 5.23. The number of rotatable bonds is 2. The van der Waals surface area contributed by atoms with Gasteiger partial charge in [0.1, 0.15) is 0 Å². The summed E-state index contributed by atoms with van der Waals surface area (Å²) < 4.78 is 1.87. The van der Waals surface area contributed by atoms with Crippen molar-refractivity contribution in [3.8, 4) is 0 Å². The standard InChI is InChI=1S/C15H18N4O/c1-11-9-19(10-12-7-8-16-18(12)2)14-6-4-3-5-13(14)17-15(11)20/h3-8,11H,9-10H2,1-2H3,(H,17,20)/t11-/m0/s1. The molecule has 104 valence electrons. The lowest BCUT2D eigenvalue weighted by Crippen LogP contribution is -2.31. The van der Waals surface area contributed by atoms with E-state index >= 15 is 0 Å². The van der Waals surface area contributed by atoms with Gasteiger partial charge in [0, 0.05) is 19.8 Å². The lowest BCUT2D eigenvalue weighted by Gasteiger charge is -2.25. The third kappa shape index (κ3) is 2.27. The SMILES string of the molecule is C[C@H]1CN(Cc2ccnn2C)c2ccccc2NC1=O. The van der Waals surface area contributed by atoms with E-state index in [1.165, 1.54) is 0 Å². The molecule has 1 aromatic carbocycles. The number of carbonyl (C=O) groups is 1. The third-order valence-electron chi connectivity index (χ3n) is 3.72. The van der Waals surface area contributed by atoms with Crippen LogP contribution in [0.1, 0.15) is 12.6 Å². The number of hydrogen-bond acceptors (Lipinski definition) is 3. The summed E-state index contributed by atoms with van der Waals surface area (Å²) in [7, 11) is 1.94. The molecule has 0 bridgehead atoms. The van der Waals surface area contributed by atoms with Crippen molar-refractivity contribution in [2.45, 2.75) is 13.5 Å². The van der Waals surface area contributed by atoms with Gasteiger partial charge in [-0.1, -0.05) is 19.1 Å². The van der Waals surface area contributed by atoms with Crippen LogP contribution in [0.5, 0.6) is 0 Å². The lowest BCUT2D eigenvalue weighted by molar-refractivity contribution is -0.119. The Kier molecular flexibility index (Phi) is 3.18. The van der Waals surface area contributed by atoms with Crippen molar-refractivity contribution in [1.82, 2.24) is 9.78 Å². The van der Waals surface area contributed by atoms with Gasteiger partial charge in [-0.25, -0.2) is 0 Å². The zero-order valence-corrected chi connectivity index (χ0v) is 11.7. The first-order valence-electron chi connectivity index (χ1n) is 6.77. The summed E-state index contributed by atoms with van der Waals surface area (Å²) in [6.07, 6.45) is 1.80. The molecule has 2 aromatic rings. The minimum atomic E-state index is -0.0457. The molecule has 5 heteroatoms. The Morgan fingerprint density at radius 2 is 2.15 bits per heavy atom. The highest BCUT2D eigenvalue weighted by atomic mass is 16.1. The highest BCUT2D eigenvalue weighted by molar-refractivity contribution is 5.97. The fourth-order valence-electron chi connectivity index (χ4n) is 2.52. The van der Waals surface area contributed by atoms with Gasteiger partial charge in [0.25, 0.3) is 0 Å². The first-order chi connectivity index (χ1) is 9.65. The second-order valence-electron chi connectivity index (χ2n) is 5.23. The molecule has 5 nitrogen and oxygen atoms in total. The van der Waals surface area contributed by atoms with E-state index in [2.05, 4.69) is 15.3 Å². The van der Waals surface area contributed by atoms with Gasteiger partial charge in [0.2, 0.25) is 5.91 Å². The van der Waals surface area contributed by atoms with Crippen LogP contribution in [0, 0.1) is 5.92 Å². The number of aromatic nitrogens is 2. The molecule has 0 spiro atoms. The van der Waals surface area contributed by atoms with Crippen molar-refractivity contribution in [1.29, 1.82) is 0 Å². The fourth-order valence-corrected chi connectivity index (χ4v) is 2.52. The Bertz CT molecular complexity index is 634. The van der Waals surface area contributed by atoms with Gasteiger partial charge in [-0.3, -0.25) is 9.48 Å². The molecular formula is C15H18N4O. The molecule has 1 N–H and O–H groups in total. The minimum Gasteiger partial charge on any atom is -0.363 e. The van der Waals surface area contributed by atoms with Crippen molar-refractivity contribution in [2.75, 3.05) is 16.8 Å². The quantitative estimate of drug-likeness (QED) is 0.908. The van der Waals surface area contributed by atoms with E-state index in [1.54, 1.807) is 6.20 Å². The highest BCUT2D eigenvalue weighted by Crippen LogP contribution is 2.30. The van der Waals surface area contributed by atoms with Crippen molar-refractivity contribution >= 4 is 17.3 Å². The molecule has 0 saturated carbocycles. The number of nitrogens with one attached hydrogen (secondary N) is 1. The summed E-state index contributed by atoms with van der Waals surface area (Å²) in [5, 5.41) is 7.20. The molecule has 1 amide bonds.